The second kappa shape index (κ2) is 14.3. The van der Waals surface area contributed by atoms with E-state index in [9.17, 15) is 4.79 Å². The van der Waals surface area contributed by atoms with Gasteiger partial charge in [0.15, 0.2) is 0 Å². The average Bonchev–Trinajstić information content (AvgIpc) is 2.69. The number of carbonyl (C=O) groups excluding carboxylic acids is 1. The van der Waals surface area contributed by atoms with Crippen molar-refractivity contribution in [2.75, 3.05) is 6.61 Å². The van der Waals surface area contributed by atoms with E-state index < -0.39 is 18.4 Å². The van der Waals surface area contributed by atoms with Crippen molar-refractivity contribution in [2.45, 2.75) is 83.5 Å². The van der Waals surface area contributed by atoms with Crippen molar-refractivity contribution in [1.82, 2.24) is 0 Å². The Balaban J connectivity index is 2.58. The number of hydrogen-bond acceptors (Lipinski definition) is 2. The van der Waals surface area contributed by atoms with Crippen molar-refractivity contribution in [3.05, 3.63) is 48.0 Å². The van der Waals surface area contributed by atoms with Gasteiger partial charge in [-0.2, -0.15) is 0 Å². The van der Waals surface area contributed by atoms with Crippen LogP contribution in [0.3, 0.4) is 0 Å². The average molecular weight is 479 g/mol. The molecule has 0 N–H and O–H groups in total. The van der Waals surface area contributed by atoms with Crippen molar-refractivity contribution in [2.24, 2.45) is 0 Å². The molecule has 0 bridgehead atoms. The molecule has 152 valence electrons. The van der Waals surface area contributed by atoms with Crippen LogP contribution in [0.4, 0.5) is 0 Å². The quantitative estimate of drug-likeness (QED) is 0.147. The van der Waals surface area contributed by atoms with Gasteiger partial charge in [-0.05, 0) is 0 Å². The topological polar surface area (TPSA) is 26.3 Å². The van der Waals surface area contributed by atoms with E-state index in [0.29, 0.717) is 12.2 Å². The Bertz CT molecular complexity index is 517. The van der Waals surface area contributed by atoms with Crippen LogP contribution in [0.15, 0.2) is 42.5 Å². The van der Waals surface area contributed by atoms with Crippen LogP contribution in [0, 0.1) is 0 Å². The summed E-state index contributed by atoms with van der Waals surface area (Å²) in [7, 11) is 0. The molecule has 3 heteroatoms. The van der Waals surface area contributed by atoms with Gasteiger partial charge in [-0.25, -0.2) is 0 Å². The van der Waals surface area contributed by atoms with E-state index in [1.165, 1.54) is 61.8 Å². The minimum atomic E-state index is -2.17. The second-order valence-corrected chi connectivity index (χ2v) is 21.8. The molecule has 2 nitrogen and oxygen atoms in total. The van der Waals surface area contributed by atoms with Crippen LogP contribution in [-0.4, -0.2) is 31.0 Å². The second-order valence-electron chi connectivity index (χ2n) is 7.99. The summed E-state index contributed by atoms with van der Waals surface area (Å²) in [6, 6.07) is 9.26. The molecule has 0 aliphatic carbocycles. The van der Waals surface area contributed by atoms with Gasteiger partial charge in [-0.1, -0.05) is 0 Å². The van der Waals surface area contributed by atoms with Gasteiger partial charge >= 0.3 is 172 Å². The van der Waals surface area contributed by atoms with Crippen molar-refractivity contribution in [1.29, 1.82) is 0 Å². The summed E-state index contributed by atoms with van der Waals surface area (Å²) < 4.78 is 11.3. The number of benzene rings is 1. The molecule has 0 aliphatic heterocycles. The van der Waals surface area contributed by atoms with E-state index >= 15 is 0 Å². The molecule has 27 heavy (non-hydrogen) atoms. The fraction of sp³-hybridized carbons (Fsp3) is 0.625. The van der Waals surface area contributed by atoms with Crippen LogP contribution < -0.4 is 0 Å². The molecule has 1 rings (SSSR count). The Hall–Kier alpha value is -0.771. The predicted molar refractivity (Wildman–Crippen MR) is 120 cm³/mol. The van der Waals surface area contributed by atoms with Crippen LogP contribution in [0.25, 0.3) is 0 Å². The van der Waals surface area contributed by atoms with Crippen molar-refractivity contribution < 1.29 is 9.53 Å². The van der Waals surface area contributed by atoms with Crippen LogP contribution >= 0.6 is 0 Å². The van der Waals surface area contributed by atoms with Crippen LogP contribution in [-0.2, 0) is 4.74 Å². The molecule has 0 spiro atoms. The number of unbranched alkanes of at least 4 members (excludes halogenated alkanes) is 3. The maximum absolute atomic E-state index is 12.1. The molecule has 0 saturated heterocycles. The third-order valence-corrected chi connectivity index (χ3v) is 21.2. The van der Waals surface area contributed by atoms with E-state index in [1.807, 2.05) is 18.2 Å². The van der Waals surface area contributed by atoms with Gasteiger partial charge in [-0.15, -0.1) is 0 Å². The van der Waals surface area contributed by atoms with Crippen molar-refractivity contribution in [3.8, 4) is 0 Å². The first-order valence-corrected chi connectivity index (χ1v) is 19.0. The number of esters is 1. The van der Waals surface area contributed by atoms with Gasteiger partial charge < -0.3 is 0 Å². The van der Waals surface area contributed by atoms with Gasteiger partial charge in [0.2, 0.25) is 0 Å². The molecule has 1 aromatic carbocycles. The molecule has 0 amide bonds. The van der Waals surface area contributed by atoms with Gasteiger partial charge in [-0.3, -0.25) is 0 Å². The molecule has 0 atom stereocenters. The number of ether oxygens (including phenoxy) is 1. The van der Waals surface area contributed by atoms with Crippen molar-refractivity contribution in [3.63, 3.8) is 0 Å². The third-order valence-electron chi connectivity index (χ3n) is 5.51. The SMILES string of the molecule is C=C(CCOC(=O)c1ccccc1)[CH2][Sn]([CH2]CCC)([CH2]CCC)[CH2]CCC. The predicted octanol–water partition coefficient (Wildman–Crippen LogP) is 7.64. The third kappa shape index (κ3) is 9.82. The molecule has 1 aromatic rings. The van der Waals surface area contributed by atoms with Gasteiger partial charge in [0.1, 0.15) is 0 Å². The monoisotopic (exact) mass is 480 g/mol. The molecule has 0 radical (unpaired) electrons. The van der Waals surface area contributed by atoms with Crippen LogP contribution in [0.1, 0.15) is 76.1 Å². The van der Waals surface area contributed by atoms with E-state index in [1.54, 1.807) is 12.1 Å². The maximum atomic E-state index is 12.1. The Morgan fingerprint density at radius 1 is 0.926 bits per heavy atom. The Morgan fingerprint density at radius 3 is 1.93 bits per heavy atom. The zero-order valence-corrected chi connectivity index (χ0v) is 20.7. The Kier molecular flexibility index (Phi) is 12.8. The number of carbonyl (C=O) groups is 1. The van der Waals surface area contributed by atoms with E-state index in [0.717, 1.165) is 6.42 Å². The molecule has 0 aromatic heterocycles. The summed E-state index contributed by atoms with van der Waals surface area (Å²) in [6.07, 6.45) is 8.90. The summed E-state index contributed by atoms with van der Waals surface area (Å²) in [5.74, 6) is -0.221. The summed E-state index contributed by atoms with van der Waals surface area (Å²) >= 11 is -2.17. The van der Waals surface area contributed by atoms with Crippen LogP contribution in [0.5, 0.6) is 0 Å². The normalized spacial score (nSPS) is 11.4. The molecule has 0 saturated carbocycles. The first kappa shape index (κ1) is 24.3. The molecular weight excluding hydrogens is 439 g/mol. The zero-order chi connectivity index (χ0) is 20.0. The van der Waals surface area contributed by atoms with Gasteiger partial charge in [0.05, 0.1) is 0 Å². The molecular formula is C24H40O2Sn. The molecule has 0 heterocycles. The molecule has 0 aliphatic rings. The number of rotatable bonds is 15. The summed E-state index contributed by atoms with van der Waals surface area (Å²) in [5, 5.41) is 0. The zero-order valence-electron chi connectivity index (χ0n) is 17.9. The Labute approximate surface area is 171 Å². The summed E-state index contributed by atoms with van der Waals surface area (Å²) in [6.45, 7) is 11.8. The fourth-order valence-corrected chi connectivity index (χ4v) is 20.5. The standard InChI is InChI=1S/C12H13O2.3C4H9.Sn/c1-10(2)8-9-14-12(13)11-6-4-3-5-7-11;3*1-3-4-2;/h3-7H,1-2,8-9H2;3*1,3-4H2,2H3;. The van der Waals surface area contributed by atoms with E-state index in [4.69, 9.17) is 4.74 Å². The molecule has 0 fully saturated rings. The first-order chi connectivity index (χ1) is 13.1. The Morgan fingerprint density at radius 2 is 1.44 bits per heavy atom. The van der Waals surface area contributed by atoms with E-state index in [2.05, 4.69) is 27.4 Å². The summed E-state index contributed by atoms with van der Waals surface area (Å²) in [4.78, 5) is 12.1. The first-order valence-electron chi connectivity index (χ1n) is 11.0. The van der Waals surface area contributed by atoms with Crippen molar-refractivity contribution >= 4 is 24.3 Å². The minimum absolute atomic E-state index is 0.221. The van der Waals surface area contributed by atoms with Gasteiger partial charge in [0.25, 0.3) is 0 Å². The van der Waals surface area contributed by atoms with Gasteiger partial charge in [0, 0.05) is 0 Å². The summed E-state index contributed by atoms with van der Waals surface area (Å²) in [5.41, 5.74) is 1.96. The number of hydrogen-bond donors (Lipinski definition) is 0. The van der Waals surface area contributed by atoms with Crippen LogP contribution in [0.2, 0.25) is 17.7 Å². The van der Waals surface area contributed by atoms with E-state index in [-0.39, 0.29) is 5.97 Å². The molecule has 0 unspecified atom stereocenters. The fourth-order valence-electron chi connectivity index (χ4n) is 3.86.